The van der Waals surface area contributed by atoms with Gasteiger partial charge in [0.15, 0.2) is 0 Å². The van der Waals surface area contributed by atoms with E-state index in [0.29, 0.717) is 0 Å². The van der Waals surface area contributed by atoms with Gasteiger partial charge in [-0.3, -0.25) is 9.47 Å². The number of primary amides is 1. The number of aromatic nitrogens is 1. The molecule has 0 aliphatic rings. The van der Waals surface area contributed by atoms with Crippen molar-refractivity contribution in [1.82, 2.24) is 4.68 Å². The minimum Gasteiger partial charge on any atom is -0.466 e. The number of hydrogen-bond acceptors (Lipinski definition) is 7. The smallest absolute Gasteiger partial charge is 0.340 e. The van der Waals surface area contributed by atoms with Gasteiger partial charge < -0.3 is 19.9 Å². The molecule has 0 bridgehead atoms. The lowest BCUT2D eigenvalue weighted by molar-refractivity contribution is -0.142. The molecule has 1 aromatic rings. The Kier molecular flexibility index (Phi) is 6.97. The van der Waals surface area contributed by atoms with Gasteiger partial charge in [-0.1, -0.05) is 0 Å². The fourth-order valence-electron chi connectivity index (χ4n) is 2.30. The molecular formula is C15H21N3O7. The third-order valence-corrected chi connectivity index (χ3v) is 3.21. The molecule has 10 nitrogen and oxygen atoms in total. The molecule has 0 unspecified atom stereocenters. The predicted octanol–water partition coefficient (Wildman–Crippen LogP) is 0.488. The summed E-state index contributed by atoms with van der Waals surface area (Å²) >= 11 is 0. The second-order valence-electron chi connectivity index (χ2n) is 4.79. The minimum atomic E-state index is -0.949. The van der Waals surface area contributed by atoms with Crippen molar-refractivity contribution in [1.29, 1.82) is 0 Å². The zero-order chi connectivity index (χ0) is 19.1. The average Bonchev–Trinajstić information content (AvgIpc) is 2.79. The van der Waals surface area contributed by atoms with E-state index in [9.17, 15) is 19.2 Å². The fourth-order valence-corrected chi connectivity index (χ4v) is 2.30. The molecule has 0 atom stereocenters. The maximum Gasteiger partial charge on any atom is 0.340 e. The van der Waals surface area contributed by atoms with Gasteiger partial charge in [0.25, 0.3) is 0 Å². The van der Waals surface area contributed by atoms with E-state index in [1.54, 1.807) is 13.8 Å². The SMILES string of the molecule is CCOC(=O)Cc1c(C(=O)OCC)c(C(=O)OC)c(C)n1NC(N)=O. The van der Waals surface area contributed by atoms with E-state index >= 15 is 0 Å². The van der Waals surface area contributed by atoms with Crippen LogP contribution in [0.15, 0.2) is 0 Å². The first-order chi connectivity index (χ1) is 11.8. The number of nitrogens with one attached hydrogen (secondary N) is 1. The van der Waals surface area contributed by atoms with Crippen LogP contribution >= 0.6 is 0 Å². The first kappa shape index (κ1) is 20.0. The Morgan fingerprint density at radius 1 is 1.04 bits per heavy atom. The number of nitrogens with two attached hydrogens (primary N) is 1. The number of rotatable bonds is 7. The van der Waals surface area contributed by atoms with E-state index in [1.165, 1.54) is 6.92 Å². The lowest BCUT2D eigenvalue weighted by Crippen LogP contribution is -2.31. The van der Waals surface area contributed by atoms with Crippen molar-refractivity contribution >= 4 is 23.9 Å². The number of hydrogen-bond donors (Lipinski definition) is 2. The maximum atomic E-state index is 12.4. The Hall–Kier alpha value is -3.04. The van der Waals surface area contributed by atoms with E-state index in [2.05, 4.69) is 5.43 Å². The molecule has 0 aliphatic carbocycles. The summed E-state index contributed by atoms with van der Waals surface area (Å²) in [6.07, 6.45) is -0.389. The highest BCUT2D eigenvalue weighted by Crippen LogP contribution is 2.25. The van der Waals surface area contributed by atoms with Crippen LogP contribution in [0.5, 0.6) is 0 Å². The second-order valence-corrected chi connectivity index (χ2v) is 4.79. The van der Waals surface area contributed by atoms with Crippen LogP contribution < -0.4 is 11.2 Å². The summed E-state index contributed by atoms with van der Waals surface area (Å²) in [6, 6.07) is -0.949. The van der Waals surface area contributed by atoms with Gasteiger partial charge in [0.2, 0.25) is 0 Å². The molecule has 0 saturated heterocycles. The van der Waals surface area contributed by atoms with E-state index in [-0.39, 0.29) is 42.1 Å². The molecule has 0 spiro atoms. The topological polar surface area (TPSA) is 139 Å². The lowest BCUT2D eigenvalue weighted by Gasteiger charge is -2.12. The van der Waals surface area contributed by atoms with E-state index in [4.69, 9.17) is 19.9 Å². The maximum absolute atomic E-state index is 12.4. The third-order valence-electron chi connectivity index (χ3n) is 3.21. The quantitative estimate of drug-likeness (QED) is 0.536. The molecule has 1 heterocycles. The molecule has 3 N–H and O–H groups in total. The second kappa shape index (κ2) is 8.71. The molecule has 0 aliphatic heterocycles. The van der Waals surface area contributed by atoms with Crippen LogP contribution in [-0.2, 0) is 25.4 Å². The van der Waals surface area contributed by atoms with Gasteiger partial charge in [0, 0.05) is 0 Å². The molecule has 0 aromatic carbocycles. The van der Waals surface area contributed by atoms with Crippen molar-refractivity contribution in [3.05, 3.63) is 22.5 Å². The highest BCUT2D eigenvalue weighted by atomic mass is 16.5. The largest absolute Gasteiger partial charge is 0.466 e. The Morgan fingerprint density at radius 3 is 2.12 bits per heavy atom. The number of ether oxygens (including phenoxy) is 3. The van der Waals surface area contributed by atoms with Crippen LogP contribution in [0.4, 0.5) is 4.79 Å². The van der Waals surface area contributed by atoms with Crippen molar-refractivity contribution in [3.8, 4) is 0 Å². The van der Waals surface area contributed by atoms with Gasteiger partial charge >= 0.3 is 23.9 Å². The van der Waals surface area contributed by atoms with Crippen LogP contribution in [0.1, 0.15) is 46.0 Å². The zero-order valence-corrected chi connectivity index (χ0v) is 14.5. The number of methoxy groups -OCH3 is 1. The minimum absolute atomic E-state index is 0.00796. The molecule has 0 radical (unpaired) electrons. The average molecular weight is 355 g/mol. The number of nitrogens with zero attached hydrogens (tertiary/aromatic N) is 1. The molecule has 1 aromatic heterocycles. The third kappa shape index (κ3) is 4.49. The summed E-state index contributed by atoms with van der Waals surface area (Å²) in [5.74, 6) is -2.32. The first-order valence-electron chi connectivity index (χ1n) is 7.50. The van der Waals surface area contributed by atoms with Gasteiger partial charge in [-0.2, -0.15) is 0 Å². The molecule has 0 saturated carbocycles. The van der Waals surface area contributed by atoms with Crippen molar-refractivity contribution in [3.63, 3.8) is 0 Å². The highest BCUT2D eigenvalue weighted by Gasteiger charge is 2.32. The zero-order valence-electron chi connectivity index (χ0n) is 14.5. The number of esters is 3. The van der Waals surface area contributed by atoms with Crippen molar-refractivity contribution in [2.45, 2.75) is 27.2 Å². The Labute approximate surface area is 144 Å². The number of urea groups is 1. The molecule has 2 amide bonds. The summed E-state index contributed by atoms with van der Waals surface area (Å²) in [6.45, 7) is 4.84. The van der Waals surface area contributed by atoms with Crippen LogP contribution in [0, 0.1) is 6.92 Å². The summed E-state index contributed by atoms with van der Waals surface area (Å²) < 4.78 is 15.6. The van der Waals surface area contributed by atoms with Gasteiger partial charge in [-0.05, 0) is 20.8 Å². The Balaban J connectivity index is 3.64. The van der Waals surface area contributed by atoms with Crippen LogP contribution in [-0.4, -0.2) is 48.9 Å². The Bertz CT molecular complexity index is 694. The van der Waals surface area contributed by atoms with E-state index in [1.807, 2.05) is 0 Å². The summed E-state index contributed by atoms with van der Waals surface area (Å²) in [7, 11) is 1.14. The molecular weight excluding hydrogens is 334 g/mol. The molecule has 10 heteroatoms. The van der Waals surface area contributed by atoms with Crippen molar-refractivity contribution in [2.75, 3.05) is 25.7 Å². The molecule has 25 heavy (non-hydrogen) atoms. The monoisotopic (exact) mass is 355 g/mol. The van der Waals surface area contributed by atoms with Gasteiger partial charge in [-0.15, -0.1) is 0 Å². The van der Waals surface area contributed by atoms with Crippen LogP contribution in [0.25, 0.3) is 0 Å². The van der Waals surface area contributed by atoms with Crippen LogP contribution in [0.3, 0.4) is 0 Å². The normalized spacial score (nSPS) is 10.1. The predicted molar refractivity (Wildman–Crippen MR) is 85.7 cm³/mol. The summed E-state index contributed by atoms with van der Waals surface area (Å²) in [5.41, 5.74) is 7.24. The van der Waals surface area contributed by atoms with Gasteiger partial charge in [-0.25, -0.2) is 19.8 Å². The number of carbonyl (C=O) groups is 4. The summed E-state index contributed by atoms with van der Waals surface area (Å²) in [4.78, 5) is 47.7. The Morgan fingerprint density at radius 2 is 1.64 bits per heavy atom. The highest BCUT2D eigenvalue weighted by molar-refractivity contribution is 6.06. The first-order valence-corrected chi connectivity index (χ1v) is 7.50. The molecule has 1 rings (SSSR count). The number of amides is 2. The van der Waals surface area contributed by atoms with Gasteiger partial charge in [0.05, 0.1) is 49.3 Å². The van der Waals surface area contributed by atoms with Crippen LogP contribution in [0.2, 0.25) is 0 Å². The molecule has 138 valence electrons. The molecule has 0 fully saturated rings. The van der Waals surface area contributed by atoms with Gasteiger partial charge in [0.1, 0.15) is 0 Å². The van der Waals surface area contributed by atoms with Crippen molar-refractivity contribution < 1.29 is 33.4 Å². The van der Waals surface area contributed by atoms with Crippen molar-refractivity contribution in [2.24, 2.45) is 5.73 Å². The lowest BCUT2D eigenvalue weighted by atomic mass is 10.1. The number of carbonyl (C=O) groups excluding carboxylic acids is 4. The van der Waals surface area contributed by atoms with E-state index in [0.717, 1.165) is 11.8 Å². The van der Waals surface area contributed by atoms with E-state index < -0.39 is 23.9 Å². The fraction of sp³-hybridized carbons (Fsp3) is 0.467. The summed E-state index contributed by atoms with van der Waals surface area (Å²) in [5, 5.41) is 0. The standard InChI is InChI=1S/C15H21N3O7/c1-5-24-10(19)7-9-12(14(21)25-6-2)11(13(20)23-4)8(3)18(9)17-15(16)22/h5-7H2,1-4H3,(H3,16,17,22).